The summed E-state index contributed by atoms with van der Waals surface area (Å²) in [6.45, 7) is 1.14. The normalized spacial score (nSPS) is 14.2. The molecule has 2 aromatic carbocycles. The van der Waals surface area contributed by atoms with E-state index in [0.29, 0.717) is 0 Å². The van der Waals surface area contributed by atoms with Crippen molar-refractivity contribution in [2.75, 3.05) is 38.1 Å². The molecule has 8 heteroatoms. The van der Waals surface area contributed by atoms with Crippen LogP contribution in [0.3, 0.4) is 0 Å². The molecule has 3 rings (SSSR count). The van der Waals surface area contributed by atoms with Gasteiger partial charge in [0.2, 0.25) is 0 Å². The predicted molar refractivity (Wildman–Crippen MR) is 99.1 cm³/mol. The third-order valence-electron chi connectivity index (χ3n) is 4.50. The Morgan fingerprint density at radius 1 is 1.00 bits per heavy atom. The van der Waals surface area contributed by atoms with Crippen molar-refractivity contribution in [3.63, 3.8) is 0 Å². The summed E-state index contributed by atoms with van der Waals surface area (Å²) in [7, 11) is 1.51. The molecule has 0 N–H and O–H groups in total. The molecule has 0 saturated carbocycles. The summed E-state index contributed by atoms with van der Waals surface area (Å²) in [5.41, 5.74) is 0.285. The van der Waals surface area contributed by atoms with Gasteiger partial charge in [0.15, 0.2) is 0 Å². The number of carbonyl (C=O) groups excluding carboxylic acids is 2. The third-order valence-corrected chi connectivity index (χ3v) is 4.82. The summed E-state index contributed by atoms with van der Waals surface area (Å²) in [5.74, 6) is -1.46. The molecule has 1 heterocycles. The molecule has 1 fully saturated rings. The zero-order chi connectivity index (χ0) is 19.6. The number of carbonyl (C=O) groups is 2. The van der Waals surface area contributed by atoms with Gasteiger partial charge in [0.05, 0.1) is 16.3 Å². The Morgan fingerprint density at radius 2 is 1.63 bits per heavy atom. The number of hydrogen-bond donors (Lipinski definition) is 0. The zero-order valence-corrected chi connectivity index (χ0v) is 15.4. The molecular formula is C19H18ClF2N3O2. The Kier molecular flexibility index (Phi) is 5.60. The predicted octanol–water partition coefficient (Wildman–Crippen LogP) is 3.63. The van der Waals surface area contributed by atoms with E-state index in [1.165, 1.54) is 53.2 Å². The maximum Gasteiger partial charge on any atom is 0.324 e. The van der Waals surface area contributed by atoms with Gasteiger partial charge in [-0.25, -0.2) is 13.6 Å². The van der Waals surface area contributed by atoms with Gasteiger partial charge in [-0.05, 0) is 30.3 Å². The number of halogens is 3. The molecule has 27 heavy (non-hydrogen) atoms. The Balaban J connectivity index is 1.65. The highest BCUT2D eigenvalue weighted by atomic mass is 35.5. The molecule has 0 spiro atoms. The first-order chi connectivity index (χ1) is 12.9. The fourth-order valence-corrected chi connectivity index (χ4v) is 3.21. The van der Waals surface area contributed by atoms with Crippen molar-refractivity contribution in [1.29, 1.82) is 0 Å². The fraction of sp³-hybridized carbons (Fsp3) is 0.263. The highest BCUT2D eigenvalue weighted by Gasteiger charge is 2.28. The van der Waals surface area contributed by atoms with Crippen LogP contribution in [0.15, 0.2) is 42.5 Å². The summed E-state index contributed by atoms with van der Waals surface area (Å²) in [6, 6.07) is 9.26. The van der Waals surface area contributed by atoms with E-state index < -0.39 is 17.5 Å². The van der Waals surface area contributed by atoms with E-state index >= 15 is 0 Å². The van der Waals surface area contributed by atoms with Crippen molar-refractivity contribution in [3.8, 4) is 0 Å². The van der Waals surface area contributed by atoms with Crippen molar-refractivity contribution in [3.05, 3.63) is 64.7 Å². The largest absolute Gasteiger partial charge is 0.335 e. The van der Waals surface area contributed by atoms with Crippen molar-refractivity contribution < 1.29 is 18.4 Å². The fourth-order valence-electron chi connectivity index (χ4n) is 2.96. The number of benzene rings is 2. The van der Waals surface area contributed by atoms with Gasteiger partial charge in [-0.15, -0.1) is 0 Å². The van der Waals surface area contributed by atoms with Crippen LogP contribution in [0.5, 0.6) is 0 Å². The van der Waals surface area contributed by atoms with Crippen LogP contribution in [0, 0.1) is 11.6 Å². The maximum atomic E-state index is 13.8. The van der Waals surface area contributed by atoms with E-state index in [0.717, 1.165) is 0 Å². The number of amides is 3. The molecule has 0 radical (unpaired) electrons. The Hall–Kier alpha value is -2.67. The minimum atomic E-state index is -0.568. The molecule has 1 aliphatic rings. The standard InChI is InChI=1S/C19H18ClF2N3O2/c1-23(17-12-13(21)6-7-15(17)20)19(27)25-10-8-24(9-11-25)18(26)14-4-2-3-5-16(14)22/h2-7,12H,8-11H2,1H3. The van der Waals surface area contributed by atoms with Gasteiger partial charge in [-0.2, -0.15) is 0 Å². The van der Waals surface area contributed by atoms with E-state index in [2.05, 4.69) is 0 Å². The minimum absolute atomic E-state index is 0.0148. The van der Waals surface area contributed by atoms with Gasteiger partial charge in [0.1, 0.15) is 11.6 Å². The van der Waals surface area contributed by atoms with Crippen LogP contribution < -0.4 is 4.90 Å². The van der Waals surface area contributed by atoms with Crippen molar-refractivity contribution in [2.45, 2.75) is 0 Å². The topological polar surface area (TPSA) is 43.9 Å². The minimum Gasteiger partial charge on any atom is -0.335 e. The first-order valence-corrected chi connectivity index (χ1v) is 8.78. The van der Waals surface area contributed by atoms with Crippen molar-refractivity contribution in [2.24, 2.45) is 0 Å². The van der Waals surface area contributed by atoms with Gasteiger partial charge >= 0.3 is 6.03 Å². The van der Waals surface area contributed by atoms with Crippen LogP contribution in [-0.2, 0) is 0 Å². The summed E-state index contributed by atoms with van der Waals surface area (Å²) < 4.78 is 27.3. The van der Waals surface area contributed by atoms with Gasteiger partial charge in [-0.3, -0.25) is 9.69 Å². The first-order valence-electron chi connectivity index (χ1n) is 8.40. The lowest BCUT2D eigenvalue weighted by molar-refractivity contribution is 0.0664. The van der Waals surface area contributed by atoms with Crippen LogP contribution in [0.4, 0.5) is 19.3 Å². The number of hydrogen-bond acceptors (Lipinski definition) is 2. The van der Waals surface area contributed by atoms with Gasteiger partial charge in [0.25, 0.3) is 5.91 Å². The SMILES string of the molecule is CN(C(=O)N1CCN(C(=O)c2ccccc2F)CC1)c1cc(F)ccc1Cl. The molecule has 3 amide bonds. The van der Waals surface area contributed by atoms with Gasteiger partial charge in [0, 0.05) is 33.2 Å². The van der Waals surface area contributed by atoms with Crippen LogP contribution in [0.2, 0.25) is 5.02 Å². The molecule has 0 aromatic heterocycles. The molecule has 1 saturated heterocycles. The van der Waals surface area contributed by atoms with Crippen LogP contribution in [0.25, 0.3) is 0 Å². The van der Waals surface area contributed by atoms with E-state index in [1.807, 2.05) is 0 Å². The van der Waals surface area contributed by atoms with Gasteiger partial charge < -0.3 is 9.80 Å². The molecule has 142 valence electrons. The van der Waals surface area contributed by atoms with Gasteiger partial charge in [-0.1, -0.05) is 23.7 Å². The lowest BCUT2D eigenvalue weighted by atomic mass is 10.1. The summed E-state index contributed by atoms with van der Waals surface area (Å²) >= 11 is 6.05. The Labute approximate surface area is 160 Å². The summed E-state index contributed by atoms with van der Waals surface area (Å²) in [4.78, 5) is 29.5. The first kappa shape index (κ1) is 19.1. The van der Waals surface area contributed by atoms with Crippen molar-refractivity contribution in [1.82, 2.24) is 9.80 Å². The molecule has 0 unspecified atom stereocenters. The maximum absolute atomic E-state index is 13.8. The molecule has 5 nitrogen and oxygen atoms in total. The number of urea groups is 1. The Bertz CT molecular complexity index is 870. The average molecular weight is 394 g/mol. The van der Waals surface area contributed by atoms with E-state index in [-0.39, 0.29) is 48.5 Å². The number of rotatable bonds is 2. The Morgan fingerprint density at radius 3 is 2.30 bits per heavy atom. The van der Waals surface area contributed by atoms with Crippen LogP contribution in [0.1, 0.15) is 10.4 Å². The molecule has 2 aromatic rings. The third kappa shape index (κ3) is 4.03. The zero-order valence-electron chi connectivity index (χ0n) is 14.7. The van der Waals surface area contributed by atoms with Crippen LogP contribution >= 0.6 is 11.6 Å². The highest BCUT2D eigenvalue weighted by molar-refractivity contribution is 6.33. The number of nitrogens with zero attached hydrogens (tertiary/aromatic N) is 3. The summed E-state index contributed by atoms with van der Waals surface area (Å²) in [5, 5.41) is 0.264. The van der Waals surface area contributed by atoms with E-state index in [4.69, 9.17) is 11.6 Å². The van der Waals surface area contributed by atoms with E-state index in [9.17, 15) is 18.4 Å². The van der Waals surface area contributed by atoms with E-state index in [1.54, 1.807) is 11.0 Å². The smallest absolute Gasteiger partial charge is 0.324 e. The molecule has 0 atom stereocenters. The monoisotopic (exact) mass is 393 g/mol. The van der Waals surface area contributed by atoms with Crippen molar-refractivity contribution >= 4 is 29.2 Å². The second-order valence-corrected chi connectivity index (χ2v) is 6.60. The second kappa shape index (κ2) is 7.92. The molecule has 0 aliphatic carbocycles. The number of piperazine rings is 1. The second-order valence-electron chi connectivity index (χ2n) is 6.20. The molecule has 0 bridgehead atoms. The average Bonchev–Trinajstić information content (AvgIpc) is 2.68. The quantitative estimate of drug-likeness (QED) is 0.782. The molecular weight excluding hydrogens is 376 g/mol. The summed E-state index contributed by atoms with van der Waals surface area (Å²) in [6.07, 6.45) is 0. The molecule has 1 aliphatic heterocycles. The van der Waals surface area contributed by atoms with Crippen LogP contribution in [-0.4, -0.2) is 55.0 Å². The highest BCUT2D eigenvalue weighted by Crippen LogP contribution is 2.26. The lowest BCUT2D eigenvalue weighted by Gasteiger charge is -2.36. The number of anilines is 1. The lowest BCUT2D eigenvalue weighted by Crippen LogP contribution is -2.53.